The van der Waals surface area contributed by atoms with Crippen LogP contribution in [0.1, 0.15) is 39.7 Å². The highest BCUT2D eigenvalue weighted by atomic mass is 16.2. The second kappa shape index (κ2) is 6.19. The van der Waals surface area contributed by atoms with Gasteiger partial charge in [-0.05, 0) is 34.2 Å². The first-order valence-corrected chi connectivity index (χ1v) is 6.75. The number of likely N-dealkylation sites (N-methyl/N-ethyl adjacent to an activating group) is 1. The van der Waals surface area contributed by atoms with Gasteiger partial charge in [0.2, 0.25) is 5.91 Å². The van der Waals surface area contributed by atoms with E-state index in [1.807, 2.05) is 52.2 Å². The highest BCUT2D eigenvalue weighted by Gasteiger charge is 2.24. The molecule has 0 fully saturated rings. The van der Waals surface area contributed by atoms with Gasteiger partial charge in [0.05, 0.1) is 12.2 Å². The number of aromatic nitrogens is 2. The molecule has 0 saturated heterocycles. The highest BCUT2D eigenvalue weighted by molar-refractivity contribution is 5.81. The largest absolute Gasteiger partial charge is 0.350 e. The summed E-state index contributed by atoms with van der Waals surface area (Å²) in [6.45, 7) is 8.80. The van der Waals surface area contributed by atoms with E-state index in [2.05, 4.69) is 17.3 Å². The van der Waals surface area contributed by atoms with Crippen molar-refractivity contribution in [1.82, 2.24) is 20.0 Å². The molecule has 1 unspecified atom stereocenters. The summed E-state index contributed by atoms with van der Waals surface area (Å²) in [6, 6.07) is -0.161. The second-order valence-electron chi connectivity index (χ2n) is 5.84. The van der Waals surface area contributed by atoms with Gasteiger partial charge in [0, 0.05) is 30.9 Å². The summed E-state index contributed by atoms with van der Waals surface area (Å²) in [5.41, 5.74) is 0.958. The number of nitrogens with one attached hydrogen (secondary N) is 1. The molecule has 0 saturated carbocycles. The van der Waals surface area contributed by atoms with E-state index < -0.39 is 0 Å². The van der Waals surface area contributed by atoms with E-state index in [0.717, 1.165) is 18.5 Å². The van der Waals surface area contributed by atoms with Crippen LogP contribution in [0.4, 0.5) is 0 Å². The van der Waals surface area contributed by atoms with E-state index in [4.69, 9.17) is 0 Å². The average molecular weight is 266 g/mol. The van der Waals surface area contributed by atoms with Gasteiger partial charge in [-0.25, -0.2) is 0 Å². The molecule has 0 aromatic carbocycles. The van der Waals surface area contributed by atoms with E-state index in [1.54, 1.807) is 4.68 Å². The number of aryl methyl sites for hydroxylation is 1. The molecule has 1 N–H and O–H groups in total. The van der Waals surface area contributed by atoms with Crippen LogP contribution in [0.2, 0.25) is 0 Å². The summed E-state index contributed by atoms with van der Waals surface area (Å²) in [7, 11) is 3.85. The predicted octanol–water partition coefficient (Wildman–Crippen LogP) is 1.55. The first-order valence-electron chi connectivity index (χ1n) is 6.75. The van der Waals surface area contributed by atoms with E-state index in [0.29, 0.717) is 0 Å². The molecule has 1 aromatic heterocycles. The lowest BCUT2D eigenvalue weighted by molar-refractivity contribution is -0.127. The zero-order valence-electron chi connectivity index (χ0n) is 12.9. The van der Waals surface area contributed by atoms with Crippen molar-refractivity contribution >= 4 is 5.91 Å². The summed E-state index contributed by atoms with van der Waals surface area (Å²) >= 11 is 0. The van der Waals surface area contributed by atoms with Crippen LogP contribution in [0.3, 0.4) is 0 Å². The Balaban J connectivity index is 2.56. The number of carbonyl (C=O) groups excluding carboxylic acids is 1. The number of nitrogens with zero attached hydrogens (tertiary/aromatic N) is 3. The Morgan fingerprint density at radius 3 is 2.68 bits per heavy atom. The summed E-state index contributed by atoms with van der Waals surface area (Å²) in [5, 5.41) is 7.21. The molecule has 1 heterocycles. The van der Waals surface area contributed by atoms with E-state index in [-0.39, 0.29) is 17.5 Å². The van der Waals surface area contributed by atoms with Crippen LogP contribution in [0.5, 0.6) is 0 Å². The molecule has 108 valence electrons. The second-order valence-corrected chi connectivity index (χ2v) is 5.84. The fourth-order valence-electron chi connectivity index (χ4n) is 1.70. The molecule has 0 aliphatic heterocycles. The van der Waals surface area contributed by atoms with Gasteiger partial charge in [-0.3, -0.25) is 14.4 Å². The standard InChI is InChI=1S/C14H26N4O/c1-7-14(3,4)16-13(19)11(2)17(5)9-12-8-15-18(6)10-12/h8,10-11H,7,9H2,1-6H3,(H,16,19). The zero-order chi connectivity index (χ0) is 14.6. The molecule has 0 aliphatic carbocycles. The summed E-state index contributed by atoms with van der Waals surface area (Å²) < 4.78 is 1.77. The predicted molar refractivity (Wildman–Crippen MR) is 76.6 cm³/mol. The molecule has 1 amide bonds. The van der Waals surface area contributed by atoms with E-state index in [1.165, 1.54) is 0 Å². The smallest absolute Gasteiger partial charge is 0.237 e. The summed E-state index contributed by atoms with van der Waals surface area (Å²) in [4.78, 5) is 14.2. The van der Waals surface area contributed by atoms with Gasteiger partial charge in [0.15, 0.2) is 0 Å². The summed E-state index contributed by atoms with van der Waals surface area (Å²) in [6.07, 6.45) is 4.71. The highest BCUT2D eigenvalue weighted by Crippen LogP contribution is 2.10. The van der Waals surface area contributed by atoms with Crippen LogP contribution in [0, 0.1) is 0 Å². The molecular weight excluding hydrogens is 240 g/mol. The third-order valence-corrected chi connectivity index (χ3v) is 3.58. The van der Waals surface area contributed by atoms with Gasteiger partial charge in [0.1, 0.15) is 0 Å². The SMILES string of the molecule is CCC(C)(C)NC(=O)C(C)N(C)Cc1cnn(C)c1. The molecule has 1 atom stereocenters. The average Bonchev–Trinajstić information content (AvgIpc) is 2.73. The van der Waals surface area contributed by atoms with Gasteiger partial charge < -0.3 is 5.32 Å². The fraction of sp³-hybridized carbons (Fsp3) is 0.714. The number of hydrogen-bond acceptors (Lipinski definition) is 3. The fourth-order valence-corrected chi connectivity index (χ4v) is 1.70. The van der Waals surface area contributed by atoms with E-state index >= 15 is 0 Å². The molecule has 1 aromatic rings. The lowest BCUT2D eigenvalue weighted by Gasteiger charge is -2.30. The molecule has 5 nitrogen and oxygen atoms in total. The van der Waals surface area contributed by atoms with Gasteiger partial charge in [-0.1, -0.05) is 6.92 Å². The van der Waals surface area contributed by atoms with Crippen molar-refractivity contribution in [1.29, 1.82) is 0 Å². The first-order chi connectivity index (χ1) is 8.75. The molecule has 19 heavy (non-hydrogen) atoms. The number of hydrogen-bond donors (Lipinski definition) is 1. The molecule has 0 spiro atoms. The maximum absolute atomic E-state index is 12.2. The van der Waals surface area contributed by atoms with Gasteiger partial charge >= 0.3 is 0 Å². The topological polar surface area (TPSA) is 50.2 Å². The molecule has 1 rings (SSSR count). The van der Waals surface area contributed by atoms with Crippen LogP contribution in [-0.2, 0) is 18.4 Å². The third-order valence-electron chi connectivity index (χ3n) is 3.58. The Bertz CT molecular complexity index is 425. The summed E-state index contributed by atoms with van der Waals surface area (Å²) in [5.74, 6) is 0.0678. The first kappa shape index (κ1) is 15.7. The normalized spacial score (nSPS) is 13.6. The molecular formula is C14H26N4O. The lowest BCUT2D eigenvalue weighted by Crippen LogP contribution is -2.50. The lowest BCUT2D eigenvalue weighted by atomic mass is 10.0. The van der Waals surface area contributed by atoms with Crippen molar-refractivity contribution in [3.63, 3.8) is 0 Å². The van der Waals surface area contributed by atoms with Gasteiger partial charge in [-0.2, -0.15) is 5.10 Å². The van der Waals surface area contributed by atoms with Crippen molar-refractivity contribution in [2.24, 2.45) is 7.05 Å². The number of amides is 1. The van der Waals surface area contributed by atoms with Crippen molar-refractivity contribution in [3.8, 4) is 0 Å². The van der Waals surface area contributed by atoms with Gasteiger partial charge in [0.25, 0.3) is 0 Å². The monoisotopic (exact) mass is 266 g/mol. The van der Waals surface area contributed by atoms with Crippen molar-refractivity contribution in [2.45, 2.75) is 52.2 Å². The zero-order valence-corrected chi connectivity index (χ0v) is 12.9. The molecule has 5 heteroatoms. The number of rotatable bonds is 6. The van der Waals surface area contributed by atoms with Gasteiger partial charge in [-0.15, -0.1) is 0 Å². The van der Waals surface area contributed by atoms with E-state index in [9.17, 15) is 4.79 Å². The Morgan fingerprint density at radius 2 is 2.21 bits per heavy atom. The Kier molecular flexibility index (Phi) is 5.11. The maximum atomic E-state index is 12.2. The van der Waals surface area contributed by atoms with Crippen LogP contribution < -0.4 is 5.32 Å². The minimum absolute atomic E-state index is 0.0678. The molecule has 0 bridgehead atoms. The van der Waals surface area contributed by atoms with Crippen LogP contribution in [-0.4, -0.2) is 39.2 Å². The minimum atomic E-state index is -0.161. The molecule has 0 aliphatic rings. The van der Waals surface area contributed by atoms with Crippen LogP contribution >= 0.6 is 0 Å². The maximum Gasteiger partial charge on any atom is 0.237 e. The Hall–Kier alpha value is -1.36. The molecule has 0 radical (unpaired) electrons. The van der Waals surface area contributed by atoms with Crippen molar-refractivity contribution in [3.05, 3.63) is 18.0 Å². The Morgan fingerprint density at radius 1 is 1.58 bits per heavy atom. The van der Waals surface area contributed by atoms with Crippen molar-refractivity contribution in [2.75, 3.05) is 7.05 Å². The van der Waals surface area contributed by atoms with Crippen LogP contribution in [0.15, 0.2) is 12.4 Å². The number of carbonyl (C=O) groups is 1. The quantitative estimate of drug-likeness (QED) is 0.850. The minimum Gasteiger partial charge on any atom is -0.350 e. The van der Waals surface area contributed by atoms with Crippen molar-refractivity contribution < 1.29 is 4.79 Å². The Labute approximate surface area is 116 Å². The third kappa shape index (κ3) is 4.67. The van der Waals surface area contributed by atoms with Crippen LogP contribution in [0.25, 0.3) is 0 Å².